The number of halogens is 3. The number of rotatable bonds is 5. The first-order chi connectivity index (χ1) is 12.8. The number of fused-ring (bicyclic) bond motifs is 1. The minimum atomic E-state index is -4.41. The highest BCUT2D eigenvalue weighted by Crippen LogP contribution is 2.30. The van der Waals surface area contributed by atoms with Crippen LogP contribution >= 0.6 is 0 Å². The van der Waals surface area contributed by atoms with E-state index in [4.69, 9.17) is 0 Å². The lowest BCUT2D eigenvalue weighted by atomic mass is 9.89. The molecule has 1 unspecified atom stereocenters. The Morgan fingerprint density at radius 2 is 1.93 bits per heavy atom. The minimum Gasteiger partial charge on any atom is -0.352 e. The molecule has 0 aromatic heterocycles. The van der Waals surface area contributed by atoms with Crippen molar-refractivity contribution in [2.45, 2.75) is 32.0 Å². The molecule has 0 aliphatic carbocycles. The molecule has 2 N–H and O–H groups in total. The highest BCUT2D eigenvalue weighted by molar-refractivity contribution is 5.96. The van der Waals surface area contributed by atoms with Gasteiger partial charge in [-0.05, 0) is 42.2 Å². The van der Waals surface area contributed by atoms with Gasteiger partial charge in [-0.2, -0.15) is 13.2 Å². The lowest BCUT2D eigenvalue weighted by molar-refractivity contribution is -0.137. The van der Waals surface area contributed by atoms with E-state index in [1.807, 2.05) is 24.3 Å². The van der Waals surface area contributed by atoms with Crippen LogP contribution in [0.3, 0.4) is 0 Å². The Balaban J connectivity index is 1.50. The first kappa shape index (κ1) is 18.9. The molecule has 1 atom stereocenters. The largest absolute Gasteiger partial charge is 0.416 e. The fourth-order valence-corrected chi connectivity index (χ4v) is 3.10. The van der Waals surface area contributed by atoms with Crippen LogP contribution in [0.1, 0.15) is 29.5 Å². The second-order valence-electron chi connectivity index (χ2n) is 6.56. The summed E-state index contributed by atoms with van der Waals surface area (Å²) in [5, 5.41) is 5.45. The average Bonchev–Trinajstić information content (AvgIpc) is 2.64. The van der Waals surface area contributed by atoms with Gasteiger partial charge in [0.2, 0.25) is 11.8 Å². The number of amides is 2. The molecule has 2 aromatic carbocycles. The number of hydrogen-bond acceptors (Lipinski definition) is 2. The highest BCUT2D eigenvalue weighted by Gasteiger charge is 2.30. The van der Waals surface area contributed by atoms with E-state index in [2.05, 4.69) is 10.6 Å². The molecule has 1 aliphatic heterocycles. The minimum absolute atomic E-state index is 0.0163. The van der Waals surface area contributed by atoms with Gasteiger partial charge in [-0.1, -0.05) is 30.3 Å². The van der Waals surface area contributed by atoms with Crippen LogP contribution in [0.2, 0.25) is 0 Å². The smallest absolute Gasteiger partial charge is 0.352 e. The fraction of sp³-hybridized carbons (Fsp3) is 0.300. The normalized spacial score (nSPS) is 16.4. The van der Waals surface area contributed by atoms with Crippen molar-refractivity contribution in [2.75, 3.05) is 5.32 Å². The Morgan fingerprint density at radius 3 is 2.70 bits per heavy atom. The summed E-state index contributed by atoms with van der Waals surface area (Å²) in [7, 11) is 0. The van der Waals surface area contributed by atoms with E-state index in [0.717, 1.165) is 23.4 Å². The van der Waals surface area contributed by atoms with Gasteiger partial charge in [-0.25, -0.2) is 0 Å². The van der Waals surface area contributed by atoms with Crippen LogP contribution in [0.15, 0.2) is 48.5 Å². The molecule has 4 nitrogen and oxygen atoms in total. The molecular formula is C20H19F3N2O2. The Morgan fingerprint density at radius 1 is 1.15 bits per heavy atom. The van der Waals surface area contributed by atoms with Gasteiger partial charge >= 0.3 is 6.18 Å². The summed E-state index contributed by atoms with van der Waals surface area (Å²) in [5.41, 5.74) is 1.47. The third-order valence-corrected chi connectivity index (χ3v) is 4.58. The first-order valence-electron chi connectivity index (χ1n) is 8.64. The maximum atomic E-state index is 12.7. The van der Waals surface area contributed by atoms with Gasteiger partial charge in [0.1, 0.15) is 0 Å². The molecule has 0 bridgehead atoms. The van der Waals surface area contributed by atoms with E-state index in [9.17, 15) is 22.8 Å². The third kappa shape index (κ3) is 4.87. The molecule has 0 fully saturated rings. The third-order valence-electron chi connectivity index (χ3n) is 4.58. The summed E-state index contributed by atoms with van der Waals surface area (Å²) in [6, 6.07) is 12.4. The number of hydrogen-bond donors (Lipinski definition) is 2. The van der Waals surface area contributed by atoms with Crippen molar-refractivity contribution in [3.8, 4) is 0 Å². The van der Waals surface area contributed by atoms with Crippen LogP contribution in [-0.2, 0) is 28.7 Å². The molecule has 142 valence electrons. The molecule has 1 aliphatic rings. The summed E-state index contributed by atoms with van der Waals surface area (Å²) < 4.78 is 38.1. The van der Waals surface area contributed by atoms with Crippen molar-refractivity contribution >= 4 is 17.5 Å². The van der Waals surface area contributed by atoms with E-state index in [0.29, 0.717) is 18.4 Å². The van der Waals surface area contributed by atoms with Crippen molar-refractivity contribution < 1.29 is 22.8 Å². The van der Waals surface area contributed by atoms with Gasteiger partial charge < -0.3 is 10.6 Å². The summed E-state index contributed by atoms with van der Waals surface area (Å²) in [6.07, 6.45) is -3.32. The Kier molecular flexibility index (Phi) is 5.48. The van der Waals surface area contributed by atoms with E-state index in [1.165, 1.54) is 12.1 Å². The molecule has 2 amide bonds. The number of benzene rings is 2. The van der Waals surface area contributed by atoms with Gasteiger partial charge in [0.05, 0.1) is 5.56 Å². The van der Waals surface area contributed by atoms with E-state index in [-0.39, 0.29) is 30.7 Å². The molecule has 0 spiro atoms. The zero-order valence-electron chi connectivity index (χ0n) is 14.5. The van der Waals surface area contributed by atoms with Crippen molar-refractivity contribution in [1.29, 1.82) is 0 Å². The van der Waals surface area contributed by atoms with E-state index < -0.39 is 11.7 Å². The lowest BCUT2D eigenvalue weighted by Crippen LogP contribution is -2.31. The van der Waals surface area contributed by atoms with E-state index >= 15 is 0 Å². The SMILES string of the molecule is O=C(CCC1Cc2ccccc2NC1=O)NCc1cccc(C(F)(F)F)c1. The molecule has 27 heavy (non-hydrogen) atoms. The molecule has 1 heterocycles. The van der Waals surface area contributed by atoms with Crippen LogP contribution in [0.5, 0.6) is 0 Å². The predicted molar refractivity (Wildman–Crippen MR) is 94.8 cm³/mol. The number of carbonyl (C=O) groups excluding carboxylic acids is 2. The molecule has 0 radical (unpaired) electrons. The maximum Gasteiger partial charge on any atom is 0.416 e. The quantitative estimate of drug-likeness (QED) is 0.831. The molecule has 7 heteroatoms. The molecule has 2 aromatic rings. The monoisotopic (exact) mass is 376 g/mol. The Bertz CT molecular complexity index is 849. The number of para-hydroxylation sites is 1. The van der Waals surface area contributed by atoms with Crippen LogP contribution in [0, 0.1) is 5.92 Å². The van der Waals surface area contributed by atoms with Crippen molar-refractivity contribution in [3.05, 3.63) is 65.2 Å². The van der Waals surface area contributed by atoms with Gasteiger partial charge in [0.15, 0.2) is 0 Å². The van der Waals surface area contributed by atoms with Crippen LogP contribution < -0.4 is 10.6 Å². The molecular weight excluding hydrogens is 357 g/mol. The Hall–Kier alpha value is -2.83. The standard InChI is InChI=1S/C20H19F3N2O2/c21-20(22,23)16-6-3-4-13(10-16)12-24-18(26)9-8-15-11-14-5-1-2-7-17(14)25-19(15)27/h1-7,10,15H,8-9,11-12H2,(H,24,26)(H,25,27). The molecule has 0 saturated heterocycles. The second-order valence-corrected chi connectivity index (χ2v) is 6.56. The van der Waals surface area contributed by atoms with Gasteiger partial charge in [-0.15, -0.1) is 0 Å². The van der Waals surface area contributed by atoms with Crippen molar-refractivity contribution in [3.63, 3.8) is 0 Å². The van der Waals surface area contributed by atoms with Crippen molar-refractivity contribution in [2.24, 2.45) is 5.92 Å². The summed E-state index contributed by atoms with van der Waals surface area (Å²) >= 11 is 0. The summed E-state index contributed by atoms with van der Waals surface area (Å²) in [5.74, 6) is -0.697. The van der Waals surface area contributed by atoms with E-state index in [1.54, 1.807) is 0 Å². The molecule has 0 saturated carbocycles. The van der Waals surface area contributed by atoms with Crippen LogP contribution in [0.4, 0.5) is 18.9 Å². The zero-order chi connectivity index (χ0) is 19.4. The Labute approximate surface area is 154 Å². The molecule has 3 rings (SSSR count). The van der Waals surface area contributed by atoms with Crippen molar-refractivity contribution in [1.82, 2.24) is 5.32 Å². The van der Waals surface area contributed by atoms with Gasteiger partial charge in [0.25, 0.3) is 0 Å². The second kappa shape index (κ2) is 7.82. The summed E-state index contributed by atoms with van der Waals surface area (Å²) in [6.45, 7) is 0.0163. The first-order valence-corrected chi connectivity index (χ1v) is 8.64. The number of alkyl halides is 3. The fourth-order valence-electron chi connectivity index (χ4n) is 3.10. The highest BCUT2D eigenvalue weighted by atomic mass is 19.4. The van der Waals surface area contributed by atoms with Crippen LogP contribution in [0.25, 0.3) is 0 Å². The van der Waals surface area contributed by atoms with Gasteiger partial charge in [-0.3, -0.25) is 9.59 Å². The average molecular weight is 376 g/mol. The maximum absolute atomic E-state index is 12.7. The summed E-state index contributed by atoms with van der Waals surface area (Å²) in [4.78, 5) is 24.2. The van der Waals surface area contributed by atoms with Crippen LogP contribution in [-0.4, -0.2) is 11.8 Å². The number of nitrogens with one attached hydrogen (secondary N) is 2. The topological polar surface area (TPSA) is 58.2 Å². The number of anilines is 1. The lowest BCUT2D eigenvalue weighted by Gasteiger charge is -2.24. The number of carbonyl (C=O) groups is 2. The van der Waals surface area contributed by atoms with Gasteiger partial charge in [0, 0.05) is 24.6 Å². The zero-order valence-corrected chi connectivity index (χ0v) is 14.5. The predicted octanol–water partition coefficient (Wildman–Crippen LogP) is 3.91.